The molecule has 2 aromatic carbocycles. The van der Waals surface area contributed by atoms with E-state index in [1.807, 2.05) is 53.4 Å². The molecule has 0 radical (unpaired) electrons. The summed E-state index contributed by atoms with van der Waals surface area (Å²) in [5.41, 5.74) is 2.93. The molecule has 2 aromatic rings. The van der Waals surface area contributed by atoms with Crippen LogP contribution in [0.5, 0.6) is 0 Å². The molecule has 1 aliphatic rings. The molecule has 0 unspecified atom stereocenters. The Labute approximate surface area is 169 Å². The lowest BCUT2D eigenvalue weighted by Gasteiger charge is -2.15. The summed E-state index contributed by atoms with van der Waals surface area (Å²) in [6, 6.07) is 15.3. The Balaban J connectivity index is 1.37. The number of hydrogen-bond acceptors (Lipinski definition) is 3. The number of carbonyl (C=O) groups excluding carboxylic acids is 2. The van der Waals surface area contributed by atoms with Gasteiger partial charge >= 0.3 is 0 Å². The molecule has 3 rings (SSSR count). The van der Waals surface area contributed by atoms with Crippen molar-refractivity contribution in [1.29, 1.82) is 0 Å². The molecule has 0 bridgehead atoms. The number of rotatable bonds is 8. The third-order valence-electron chi connectivity index (χ3n) is 4.47. The van der Waals surface area contributed by atoms with Crippen molar-refractivity contribution in [2.75, 3.05) is 18.8 Å². The topological polar surface area (TPSA) is 49.4 Å². The van der Waals surface area contributed by atoms with E-state index in [9.17, 15) is 9.59 Å². The van der Waals surface area contributed by atoms with Crippen molar-refractivity contribution < 1.29 is 9.59 Å². The molecule has 1 heterocycles. The van der Waals surface area contributed by atoms with E-state index in [1.165, 1.54) is 5.56 Å². The fourth-order valence-electron chi connectivity index (χ4n) is 2.96. The number of halogens is 1. The standard InChI is InChI=1S/C21H23ClN2O2S/c22-19-9-5-17(6-10-19)15-27-13-11-23-21(26)18-7-3-16(4-8-18)14-24-12-1-2-20(24)25/h3-10H,1-2,11-15H2,(H,23,26). The predicted octanol–water partition coefficient (Wildman–Crippen LogP) is 4.13. The highest BCUT2D eigenvalue weighted by Crippen LogP contribution is 2.16. The van der Waals surface area contributed by atoms with Crippen molar-refractivity contribution in [2.24, 2.45) is 0 Å². The first-order chi connectivity index (χ1) is 13.1. The average molecular weight is 403 g/mol. The van der Waals surface area contributed by atoms with Gasteiger partial charge < -0.3 is 10.2 Å². The Morgan fingerprint density at radius 1 is 1.07 bits per heavy atom. The van der Waals surface area contributed by atoms with Crippen molar-refractivity contribution in [3.63, 3.8) is 0 Å². The second-order valence-corrected chi connectivity index (χ2v) is 8.09. The second kappa shape index (κ2) is 9.81. The maximum atomic E-state index is 12.2. The first kappa shape index (κ1) is 19.8. The summed E-state index contributed by atoms with van der Waals surface area (Å²) in [6.45, 7) is 2.08. The van der Waals surface area contributed by atoms with Crippen LogP contribution in [0.25, 0.3) is 0 Å². The smallest absolute Gasteiger partial charge is 0.251 e. The largest absolute Gasteiger partial charge is 0.351 e. The highest BCUT2D eigenvalue weighted by molar-refractivity contribution is 7.98. The maximum absolute atomic E-state index is 12.2. The van der Waals surface area contributed by atoms with Crippen LogP contribution in [0.15, 0.2) is 48.5 Å². The van der Waals surface area contributed by atoms with Gasteiger partial charge in [-0.25, -0.2) is 0 Å². The fourth-order valence-corrected chi connectivity index (χ4v) is 3.91. The van der Waals surface area contributed by atoms with Gasteiger partial charge in [-0.15, -0.1) is 0 Å². The molecule has 1 N–H and O–H groups in total. The monoisotopic (exact) mass is 402 g/mol. The summed E-state index contributed by atoms with van der Waals surface area (Å²) in [4.78, 5) is 25.8. The van der Waals surface area contributed by atoms with Crippen LogP contribution in [0.2, 0.25) is 5.02 Å². The van der Waals surface area contributed by atoms with Crippen molar-refractivity contribution >= 4 is 35.2 Å². The lowest BCUT2D eigenvalue weighted by atomic mass is 10.1. The van der Waals surface area contributed by atoms with Gasteiger partial charge in [-0.3, -0.25) is 9.59 Å². The van der Waals surface area contributed by atoms with Crippen LogP contribution >= 0.6 is 23.4 Å². The summed E-state index contributed by atoms with van der Waals surface area (Å²) >= 11 is 7.65. The number of benzene rings is 2. The van der Waals surface area contributed by atoms with Crippen LogP contribution in [0.1, 0.15) is 34.3 Å². The zero-order valence-electron chi connectivity index (χ0n) is 15.1. The number of hydrogen-bond donors (Lipinski definition) is 1. The van der Waals surface area contributed by atoms with Gasteiger partial charge in [0.05, 0.1) is 0 Å². The van der Waals surface area contributed by atoms with Crippen LogP contribution in [-0.2, 0) is 17.1 Å². The molecule has 0 aliphatic carbocycles. The average Bonchev–Trinajstić information content (AvgIpc) is 3.08. The van der Waals surface area contributed by atoms with E-state index in [0.717, 1.165) is 35.1 Å². The van der Waals surface area contributed by atoms with Gasteiger partial charge in [0.25, 0.3) is 5.91 Å². The number of carbonyl (C=O) groups is 2. The summed E-state index contributed by atoms with van der Waals surface area (Å²) in [5.74, 6) is 1.90. The van der Waals surface area contributed by atoms with Crippen LogP contribution in [0.3, 0.4) is 0 Å². The molecular formula is C21H23ClN2O2S. The molecule has 0 spiro atoms. The molecule has 27 heavy (non-hydrogen) atoms. The second-order valence-electron chi connectivity index (χ2n) is 6.55. The van der Waals surface area contributed by atoms with Crippen LogP contribution in [-0.4, -0.2) is 35.6 Å². The molecule has 0 aromatic heterocycles. The van der Waals surface area contributed by atoms with Crippen LogP contribution in [0, 0.1) is 0 Å². The third-order valence-corrected chi connectivity index (χ3v) is 5.76. The minimum absolute atomic E-state index is 0.0640. The molecule has 4 nitrogen and oxygen atoms in total. The van der Waals surface area contributed by atoms with Gasteiger partial charge in [-0.2, -0.15) is 11.8 Å². The quantitative estimate of drug-likeness (QED) is 0.675. The molecule has 1 aliphatic heterocycles. The van der Waals surface area contributed by atoms with Crippen LogP contribution < -0.4 is 5.32 Å². The zero-order valence-corrected chi connectivity index (χ0v) is 16.7. The number of likely N-dealkylation sites (tertiary alicyclic amines) is 1. The van der Waals surface area contributed by atoms with Crippen molar-refractivity contribution in [1.82, 2.24) is 10.2 Å². The SMILES string of the molecule is O=C(NCCSCc1ccc(Cl)cc1)c1ccc(CN2CCCC2=O)cc1. The molecule has 2 amide bonds. The Bertz CT molecular complexity index is 778. The van der Waals surface area contributed by atoms with Crippen molar-refractivity contribution in [3.05, 3.63) is 70.2 Å². The van der Waals surface area contributed by atoms with Gasteiger partial charge in [0.2, 0.25) is 5.91 Å². The van der Waals surface area contributed by atoms with Crippen LogP contribution in [0.4, 0.5) is 0 Å². The van der Waals surface area contributed by atoms with E-state index in [4.69, 9.17) is 11.6 Å². The Morgan fingerprint density at radius 2 is 1.78 bits per heavy atom. The molecule has 1 saturated heterocycles. The van der Waals surface area contributed by atoms with E-state index >= 15 is 0 Å². The lowest BCUT2D eigenvalue weighted by Crippen LogP contribution is -2.26. The van der Waals surface area contributed by atoms with Gasteiger partial charge in [0.1, 0.15) is 0 Å². The number of amides is 2. The van der Waals surface area contributed by atoms with E-state index < -0.39 is 0 Å². The minimum atomic E-state index is -0.0640. The van der Waals surface area contributed by atoms with Crippen molar-refractivity contribution in [3.8, 4) is 0 Å². The van der Waals surface area contributed by atoms with E-state index in [1.54, 1.807) is 11.8 Å². The van der Waals surface area contributed by atoms with Gasteiger partial charge in [-0.1, -0.05) is 35.9 Å². The molecule has 0 saturated carbocycles. The molecule has 6 heteroatoms. The van der Waals surface area contributed by atoms with Gasteiger partial charge in [0.15, 0.2) is 0 Å². The Kier molecular flexibility index (Phi) is 7.18. The third kappa shape index (κ3) is 6.01. The number of thioether (sulfide) groups is 1. The highest BCUT2D eigenvalue weighted by atomic mass is 35.5. The van der Waals surface area contributed by atoms with Crippen molar-refractivity contribution in [2.45, 2.75) is 25.1 Å². The molecule has 1 fully saturated rings. The van der Waals surface area contributed by atoms with Gasteiger partial charge in [-0.05, 0) is 41.8 Å². The lowest BCUT2D eigenvalue weighted by molar-refractivity contribution is -0.128. The van der Waals surface area contributed by atoms with E-state index in [2.05, 4.69) is 5.32 Å². The minimum Gasteiger partial charge on any atom is -0.351 e. The zero-order chi connectivity index (χ0) is 19.1. The normalized spacial score (nSPS) is 13.8. The first-order valence-electron chi connectivity index (χ1n) is 9.09. The Hall–Kier alpha value is -1.98. The highest BCUT2D eigenvalue weighted by Gasteiger charge is 2.19. The fraction of sp³-hybridized carbons (Fsp3) is 0.333. The number of nitrogens with one attached hydrogen (secondary N) is 1. The summed E-state index contributed by atoms with van der Waals surface area (Å²) < 4.78 is 0. The summed E-state index contributed by atoms with van der Waals surface area (Å²) in [5, 5.41) is 3.69. The predicted molar refractivity (Wildman–Crippen MR) is 111 cm³/mol. The molecule has 142 valence electrons. The molecular weight excluding hydrogens is 380 g/mol. The maximum Gasteiger partial charge on any atom is 0.251 e. The Morgan fingerprint density at radius 3 is 2.44 bits per heavy atom. The van der Waals surface area contributed by atoms with Gasteiger partial charge in [0, 0.05) is 48.1 Å². The van der Waals surface area contributed by atoms with E-state index in [0.29, 0.717) is 25.1 Å². The summed E-state index contributed by atoms with van der Waals surface area (Å²) in [7, 11) is 0. The van der Waals surface area contributed by atoms with E-state index in [-0.39, 0.29) is 11.8 Å². The molecule has 0 atom stereocenters. The first-order valence-corrected chi connectivity index (χ1v) is 10.6. The summed E-state index contributed by atoms with van der Waals surface area (Å²) in [6.07, 6.45) is 1.59. The number of nitrogens with zero attached hydrogens (tertiary/aromatic N) is 1.